The Hall–Kier alpha value is -1.31. The van der Waals surface area contributed by atoms with Gasteiger partial charge in [0.15, 0.2) is 6.29 Å². The Morgan fingerprint density at radius 1 is 1.22 bits per heavy atom. The maximum atomic E-state index is 11.2. The molecule has 2 fully saturated rings. The zero-order chi connectivity index (χ0) is 12.5. The molecule has 0 aromatic heterocycles. The Labute approximate surface area is 109 Å². The summed E-state index contributed by atoms with van der Waals surface area (Å²) in [6, 6.07) is 6.25. The highest BCUT2D eigenvalue weighted by Gasteiger charge is 2.31. The van der Waals surface area contributed by atoms with E-state index in [1.165, 1.54) is 25.7 Å². The van der Waals surface area contributed by atoms with E-state index in [9.17, 15) is 4.79 Å². The number of benzene rings is 1. The molecule has 96 valence electrons. The molecule has 1 aromatic carbocycles. The molecule has 0 spiro atoms. The molecule has 1 aliphatic carbocycles. The van der Waals surface area contributed by atoms with E-state index in [1.54, 1.807) is 0 Å². The summed E-state index contributed by atoms with van der Waals surface area (Å²) in [7, 11) is 0. The van der Waals surface area contributed by atoms with Crippen molar-refractivity contribution in [3.8, 4) is 0 Å². The fourth-order valence-corrected chi connectivity index (χ4v) is 3.68. The lowest BCUT2D eigenvalue weighted by Gasteiger charge is -2.43. The third kappa shape index (κ3) is 2.16. The average molecular weight is 243 g/mol. The molecule has 2 heteroatoms. The van der Waals surface area contributed by atoms with Gasteiger partial charge in [0.05, 0.1) is 0 Å². The van der Waals surface area contributed by atoms with Crippen LogP contribution in [0, 0.1) is 18.8 Å². The summed E-state index contributed by atoms with van der Waals surface area (Å²) in [5.74, 6) is 1.69. The monoisotopic (exact) mass is 243 g/mol. The molecule has 2 unspecified atom stereocenters. The Balaban J connectivity index is 1.88. The quantitative estimate of drug-likeness (QED) is 0.742. The number of fused-ring (bicyclic) bond motifs is 2. The van der Waals surface area contributed by atoms with Gasteiger partial charge in [-0.05, 0) is 50.2 Å². The normalized spacial score (nSPS) is 27.1. The van der Waals surface area contributed by atoms with Gasteiger partial charge < -0.3 is 4.90 Å². The van der Waals surface area contributed by atoms with Crippen molar-refractivity contribution in [2.75, 3.05) is 18.0 Å². The first kappa shape index (κ1) is 11.8. The number of aryl methyl sites for hydroxylation is 1. The van der Waals surface area contributed by atoms with E-state index < -0.39 is 0 Å². The van der Waals surface area contributed by atoms with Gasteiger partial charge in [0.2, 0.25) is 0 Å². The maximum Gasteiger partial charge on any atom is 0.152 e. The molecule has 0 radical (unpaired) electrons. The van der Waals surface area contributed by atoms with E-state index in [1.807, 2.05) is 13.0 Å². The molecule has 2 atom stereocenters. The molecule has 0 amide bonds. The van der Waals surface area contributed by atoms with Crippen molar-refractivity contribution in [3.63, 3.8) is 0 Å². The van der Waals surface area contributed by atoms with Crippen LogP contribution in [0.5, 0.6) is 0 Å². The number of carbonyl (C=O) groups excluding carboxylic acids is 1. The fourth-order valence-electron chi connectivity index (χ4n) is 3.68. The first-order valence-electron chi connectivity index (χ1n) is 7.07. The highest BCUT2D eigenvalue weighted by atomic mass is 16.1. The van der Waals surface area contributed by atoms with Crippen LogP contribution in [0.1, 0.15) is 41.6 Å². The van der Waals surface area contributed by atoms with Crippen LogP contribution < -0.4 is 4.90 Å². The summed E-state index contributed by atoms with van der Waals surface area (Å²) in [4.78, 5) is 13.7. The standard InChI is InChI=1S/C16H21NO/c1-12-5-6-16(15(7-12)11-18)17-9-13-3-2-4-14(8-13)10-17/h5-7,11,13-14H,2-4,8-10H2,1H3. The molecule has 3 rings (SSSR count). The van der Waals surface area contributed by atoms with Crippen molar-refractivity contribution in [1.82, 2.24) is 0 Å². The second-order valence-electron chi connectivity index (χ2n) is 5.98. The van der Waals surface area contributed by atoms with Gasteiger partial charge in [0.25, 0.3) is 0 Å². The van der Waals surface area contributed by atoms with Crippen molar-refractivity contribution in [1.29, 1.82) is 0 Å². The first-order chi connectivity index (χ1) is 8.76. The third-order valence-electron chi connectivity index (χ3n) is 4.50. The molecule has 2 nitrogen and oxygen atoms in total. The van der Waals surface area contributed by atoms with E-state index in [4.69, 9.17) is 0 Å². The highest BCUT2D eigenvalue weighted by Crippen LogP contribution is 2.37. The molecule has 0 N–H and O–H groups in total. The van der Waals surface area contributed by atoms with Gasteiger partial charge in [-0.15, -0.1) is 0 Å². The van der Waals surface area contributed by atoms with Crippen LogP contribution in [0.4, 0.5) is 5.69 Å². The van der Waals surface area contributed by atoms with Gasteiger partial charge in [-0.3, -0.25) is 4.79 Å². The predicted molar refractivity (Wildman–Crippen MR) is 74.2 cm³/mol. The number of carbonyl (C=O) groups is 1. The molecule has 18 heavy (non-hydrogen) atoms. The van der Waals surface area contributed by atoms with E-state index in [-0.39, 0.29) is 0 Å². The molecular weight excluding hydrogens is 222 g/mol. The van der Waals surface area contributed by atoms with E-state index in [0.29, 0.717) is 0 Å². The van der Waals surface area contributed by atoms with E-state index in [0.717, 1.165) is 48.0 Å². The minimum absolute atomic E-state index is 0.846. The molecule has 2 bridgehead atoms. The van der Waals surface area contributed by atoms with Crippen LogP contribution >= 0.6 is 0 Å². The zero-order valence-electron chi connectivity index (χ0n) is 11.1. The Bertz CT molecular complexity index is 442. The molecule has 1 saturated carbocycles. The lowest BCUT2D eigenvalue weighted by Crippen LogP contribution is -2.43. The second-order valence-corrected chi connectivity index (χ2v) is 5.98. The number of piperidine rings is 1. The topological polar surface area (TPSA) is 20.3 Å². The Morgan fingerprint density at radius 2 is 1.94 bits per heavy atom. The van der Waals surface area contributed by atoms with Crippen LogP contribution in [0.3, 0.4) is 0 Å². The summed E-state index contributed by atoms with van der Waals surface area (Å²) in [5, 5.41) is 0. The number of anilines is 1. The SMILES string of the molecule is Cc1ccc(N2CC3CCCC(C3)C2)c(C=O)c1. The molecular formula is C16H21NO. The molecule has 1 heterocycles. The number of hydrogen-bond donors (Lipinski definition) is 0. The molecule has 2 aliphatic rings. The smallest absolute Gasteiger partial charge is 0.152 e. The van der Waals surface area contributed by atoms with Crippen molar-refractivity contribution in [2.45, 2.75) is 32.6 Å². The minimum atomic E-state index is 0.846. The van der Waals surface area contributed by atoms with Gasteiger partial charge in [-0.2, -0.15) is 0 Å². The number of rotatable bonds is 2. The van der Waals surface area contributed by atoms with Crippen molar-refractivity contribution in [3.05, 3.63) is 29.3 Å². The number of aldehydes is 1. The molecule has 1 aliphatic heterocycles. The molecule has 1 saturated heterocycles. The van der Waals surface area contributed by atoms with Crippen molar-refractivity contribution < 1.29 is 4.79 Å². The minimum Gasteiger partial charge on any atom is -0.370 e. The number of nitrogens with zero attached hydrogens (tertiary/aromatic N) is 1. The highest BCUT2D eigenvalue weighted by molar-refractivity contribution is 5.85. The van der Waals surface area contributed by atoms with E-state index >= 15 is 0 Å². The van der Waals surface area contributed by atoms with Crippen LogP contribution in [-0.4, -0.2) is 19.4 Å². The van der Waals surface area contributed by atoms with Crippen LogP contribution in [0.15, 0.2) is 18.2 Å². The van der Waals surface area contributed by atoms with Gasteiger partial charge in [0, 0.05) is 24.3 Å². The van der Waals surface area contributed by atoms with E-state index in [2.05, 4.69) is 17.0 Å². The van der Waals surface area contributed by atoms with Gasteiger partial charge in [0.1, 0.15) is 0 Å². The van der Waals surface area contributed by atoms with Crippen LogP contribution in [-0.2, 0) is 0 Å². The lowest BCUT2D eigenvalue weighted by molar-refractivity contribution is 0.112. The summed E-state index contributed by atoms with van der Waals surface area (Å²) >= 11 is 0. The number of hydrogen-bond acceptors (Lipinski definition) is 2. The van der Waals surface area contributed by atoms with Crippen LogP contribution in [0.2, 0.25) is 0 Å². The largest absolute Gasteiger partial charge is 0.370 e. The summed E-state index contributed by atoms with van der Waals surface area (Å²) < 4.78 is 0. The van der Waals surface area contributed by atoms with Gasteiger partial charge in [-0.25, -0.2) is 0 Å². The zero-order valence-corrected chi connectivity index (χ0v) is 11.1. The van der Waals surface area contributed by atoms with Crippen LogP contribution in [0.25, 0.3) is 0 Å². The predicted octanol–water partition coefficient (Wildman–Crippen LogP) is 3.43. The van der Waals surface area contributed by atoms with Crippen molar-refractivity contribution in [2.24, 2.45) is 11.8 Å². The molecule has 1 aromatic rings. The average Bonchev–Trinajstić information content (AvgIpc) is 2.38. The third-order valence-corrected chi connectivity index (χ3v) is 4.50. The lowest BCUT2D eigenvalue weighted by atomic mass is 9.77. The van der Waals surface area contributed by atoms with Crippen molar-refractivity contribution >= 4 is 12.0 Å². The summed E-state index contributed by atoms with van der Waals surface area (Å²) in [5.41, 5.74) is 3.17. The Morgan fingerprint density at radius 3 is 2.61 bits per heavy atom. The Kier molecular flexibility index (Phi) is 3.11. The second kappa shape index (κ2) is 4.75. The fraction of sp³-hybridized carbons (Fsp3) is 0.562. The van der Waals surface area contributed by atoms with Gasteiger partial charge in [-0.1, -0.05) is 18.1 Å². The first-order valence-corrected chi connectivity index (χ1v) is 7.07. The summed E-state index contributed by atoms with van der Waals surface area (Å²) in [6.07, 6.45) is 6.55. The maximum absolute atomic E-state index is 11.2. The van der Waals surface area contributed by atoms with Gasteiger partial charge >= 0.3 is 0 Å². The summed E-state index contributed by atoms with van der Waals surface area (Å²) in [6.45, 7) is 4.32.